The zero-order valence-corrected chi connectivity index (χ0v) is 12.2. The Morgan fingerprint density at radius 2 is 2.30 bits per heavy atom. The van der Waals surface area contributed by atoms with Gasteiger partial charge in [-0.25, -0.2) is 4.98 Å². The highest BCUT2D eigenvalue weighted by molar-refractivity contribution is 7.19. The number of imidazole rings is 1. The van der Waals surface area contributed by atoms with Crippen molar-refractivity contribution in [2.45, 2.75) is 20.0 Å². The molecule has 1 aliphatic rings. The molecule has 20 heavy (non-hydrogen) atoms. The number of nitrogens with two attached hydrogens (primary N) is 1. The summed E-state index contributed by atoms with van der Waals surface area (Å²) in [5.74, 6) is 1.57. The normalized spacial score (nSPS) is 14.2. The van der Waals surface area contributed by atoms with Crippen molar-refractivity contribution in [1.82, 2.24) is 9.55 Å². The van der Waals surface area contributed by atoms with Crippen molar-refractivity contribution in [3.63, 3.8) is 0 Å². The lowest BCUT2D eigenvalue weighted by Crippen LogP contribution is -2.33. The van der Waals surface area contributed by atoms with Crippen LogP contribution in [-0.2, 0) is 13.1 Å². The summed E-state index contributed by atoms with van der Waals surface area (Å²) < 4.78 is 7.52. The number of thiophene rings is 1. The van der Waals surface area contributed by atoms with Crippen molar-refractivity contribution < 1.29 is 9.53 Å². The van der Waals surface area contributed by atoms with E-state index >= 15 is 0 Å². The summed E-state index contributed by atoms with van der Waals surface area (Å²) in [6.45, 7) is 3.93. The van der Waals surface area contributed by atoms with Gasteiger partial charge in [-0.05, 0) is 0 Å². The number of Topliss-reactive ketones (excluding diaryl/α,β-unsaturated/α-hetero) is 1. The summed E-state index contributed by atoms with van der Waals surface area (Å²) in [6.07, 6.45) is 3.79. The van der Waals surface area contributed by atoms with Crippen LogP contribution in [0.2, 0.25) is 0 Å². The van der Waals surface area contributed by atoms with Gasteiger partial charge in [0.1, 0.15) is 10.8 Å². The van der Waals surface area contributed by atoms with Gasteiger partial charge in [-0.2, -0.15) is 0 Å². The van der Waals surface area contributed by atoms with Crippen molar-refractivity contribution in [3.05, 3.63) is 23.1 Å². The van der Waals surface area contributed by atoms with E-state index in [9.17, 15) is 4.79 Å². The molecular weight excluding hydrogens is 276 g/mol. The molecule has 0 unspecified atom stereocenters. The number of ketones is 1. The van der Waals surface area contributed by atoms with Gasteiger partial charge in [0.15, 0.2) is 11.5 Å². The average Bonchev–Trinajstić information content (AvgIpc) is 3.01. The average molecular weight is 292 g/mol. The third-order valence-corrected chi connectivity index (χ3v) is 4.79. The van der Waals surface area contributed by atoms with Crippen LogP contribution in [0.25, 0.3) is 0 Å². The maximum absolute atomic E-state index is 11.6. The fourth-order valence-electron chi connectivity index (χ4n) is 2.43. The van der Waals surface area contributed by atoms with Gasteiger partial charge in [0.25, 0.3) is 0 Å². The van der Waals surface area contributed by atoms with Crippen LogP contribution in [0.3, 0.4) is 0 Å². The molecule has 7 heteroatoms. The lowest BCUT2D eigenvalue weighted by Gasteiger charge is -2.28. The Bertz CT molecular complexity index is 661. The number of nitrogens with zero attached hydrogens (tertiary/aromatic N) is 3. The smallest absolute Gasteiger partial charge is 0.177 e. The molecule has 0 atom stereocenters. The number of fused-ring (bicyclic) bond motifs is 1. The minimum absolute atomic E-state index is 0.0319. The summed E-state index contributed by atoms with van der Waals surface area (Å²) in [7, 11) is 1.58. The quantitative estimate of drug-likeness (QED) is 0.873. The number of aromatic nitrogens is 2. The van der Waals surface area contributed by atoms with E-state index in [2.05, 4.69) is 14.5 Å². The fourth-order valence-corrected chi connectivity index (χ4v) is 3.54. The van der Waals surface area contributed by atoms with E-state index < -0.39 is 0 Å². The highest BCUT2D eigenvalue weighted by Gasteiger charge is 2.26. The fraction of sp³-hybridized carbons (Fsp3) is 0.385. The monoisotopic (exact) mass is 292 g/mol. The molecular formula is C13H16N4O2S. The minimum atomic E-state index is -0.0319. The second kappa shape index (κ2) is 4.82. The summed E-state index contributed by atoms with van der Waals surface area (Å²) in [6, 6.07) is 0. The first-order valence-electron chi connectivity index (χ1n) is 6.34. The second-order valence-corrected chi connectivity index (χ2v) is 5.70. The highest BCUT2D eigenvalue weighted by Crippen LogP contribution is 2.45. The molecule has 3 rings (SSSR count). The molecule has 0 fully saturated rings. The van der Waals surface area contributed by atoms with Gasteiger partial charge in [-0.15, -0.1) is 11.3 Å². The SMILES string of the molecule is COc1c(N2CCn3ccnc3C2)sc(C(C)=O)c1N. The Morgan fingerprint density at radius 1 is 1.50 bits per heavy atom. The zero-order valence-electron chi connectivity index (χ0n) is 11.4. The molecule has 0 amide bonds. The molecule has 2 aromatic heterocycles. The van der Waals surface area contributed by atoms with Crippen LogP contribution in [0.4, 0.5) is 10.7 Å². The molecule has 0 radical (unpaired) electrons. The Balaban J connectivity index is 1.99. The molecule has 0 saturated carbocycles. The number of ether oxygens (including phenoxy) is 1. The molecule has 0 bridgehead atoms. The zero-order chi connectivity index (χ0) is 14.3. The van der Waals surface area contributed by atoms with Gasteiger partial charge in [0, 0.05) is 32.4 Å². The van der Waals surface area contributed by atoms with Crippen LogP contribution in [0.15, 0.2) is 12.4 Å². The number of hydrogen-bond donors (Lipinski definition) is 1. The largest absolute Gasteiger partial charge is 0.492 e. The number of methoxy groups -OCH3 is 1. The third kappa shape index (κ3) is 1.94. The molecule has 2 N–H and O–H groups in total. The van der Waals surface area contributed by atoms with E-state index in [1.54, 1.807) is 13.3 Å². The first kappa shape index (κ1) is 13.0. The van der Waals surface area contributed by atoms with Crippen LogP contribution in [0.5, 0.6) is 5.75 Å². The predicted molar refractivity (Wildman–Crippen MR) is 78.6 cm³/mol. The maximum Gasteiger partial charge on any atom is 0.177 e. The Labute approximate surface area is 120 Å². The third-order valence-electron chi connectivity index (χ3n) is 3.44. The molecule has 0 spiro atoms. The maximum atomic E-state index is 11.6. The van der Waals surface area contributed by atoms with Gasteiger partial charge < -0.3 is 19.9 Å². The molecule has 0 saturated heterocycles. The Kier molecular flexibility index (Phi) is 3.13. The molecule has 2 aromatic rings. The molecule has 106 valence electrons. The Hall–Kier alpha value is -2.02. The number of rotatable bonds is 3. The van der Waals surface area contributed by atoms with Gasteiger partial charge in [0.05, 0.1) is 24.2 Å². The number of carbonyl (C=O) groups excluding carboxylic acids is 1. The summed E-state index contributed by atoms with van der Waals surface area (Å²) in [5, 5.41) is 0.907. The molecule has 0 aliphatic carbocycles. The van der Waals surface area contributed by atoms with E-state index in [-0.39, 0.29) is 5.78 Å². The summed E-state index contributed by atoms with van der Waals surface area (Å²) in [4.78, 5) is 18.7. The highest BCUT2D eigenvalue weighted by atomic mass is 32.1. The van der Waals surface area contributed by atoms with Crippen molar-refractivity contribution in [1.29, 1.82) is 0 Å². The van der Waals surface area contributed by atoms with Crippen LogP contribution < -0.4 is 15.4 Å². The second-order valence-electron chi connectivity index (χ2n) is 4.70. The standard InChI is InChI=1S/C13H16N4O2S/c1-8(18)12-10(14)11(19-2)13(20-12)17-6-5-16-4-3-15-9(16)7-17/h3-4H,5-7,14H2,1-2H3. The topological polar surface area (TPSA) is 73.4 Å². The van der Waals surface area contributed by atoms with Crippen LogP contribution in [0, 0.1) is 0 Å². The van der Waals surface area contributed by atoms with Gasteiger partial charge in [0.2, 0.25) is 0 Å². The van der Waals surface area contributed by atoms with Crippen molar-refractivity contribution in [3.8, 4) is 5.75 Å². The van der Waals surface area contributed by atoms with Crippen molar-refractivity contribution in [2.75, 3.05) is 24.3 Å². The molecule has 6 nitrogen and oxygen atoms in total. The minimum Gasteiger partial charge on any atom is -0.492 e. The number of hydrogen-bond acceptors (Lipinski definition) is 6. The molecule has 0 aromatic carbocycles. The van der Waals surface area contributed by atoms with E-state index in [0.29, 0.717) is 22.9 Å². The number of carbonyl (C=O) groups is 1. The first-order valence-corrected chi connectivity index (χ1v) is 7.15. The van der Waals surface area contributed by atoms with E-state index in [1.807, 2.05) is 6.20 Å². The van der Waals surface area contributed by atoms with Crippen LogP contribution >= 0.6 is 11.3 Å². The predicted octanol–water partition coefficient (Wildman–Crippen LogP) is 1.76. The summed E-state index contributed by atoms with van der Waals surface area (Å²) in [5.41, 5.74) is 6.45. The van der Waals surface area contributed by atoms with E-state index in [4.69, 9.17) is 10.5 Å². The van der Waals surface area contributed by atoms with E-state index in [0.717, 1.165) is 23.9 Å². The molecule has 1 aliphatic heterocycles. The number of nitrogen functional groups attached to an aromatic ring is 1. The number of anilines is 2. The van der Waals surface area contributed by atoms with Crippen molar-refractivity contribution in [2.24, 2.45) is 0 Å². The van der Waals surface area contributed by atoms with Crippen LogP contribution in [-0.4, -0.2) is 29.0 Å². The van der Waals surface area contributed by atoms with Crippen molar-refractivity contribution >= 4 is 27.8 Å². The lowest BCUT2D eigenvalue weighted by molar-refractivity contribution is 0.102. The summed E-state index contributed by atoms with van der Waals surface area (Å²) >= 11 is 1.39. The lowest BCUT2D eigenvalue weighted by atomic mass is 10.3. The molecule has 3 heterocycles. The van der Waals surface area contributed by atoms with Gasteiger partial charge >= 0.3 is 0 Å². The van der Waals surface area contributed by atoms with E-state index in [1.165, 1.54) is 18.3 Å². The first-order chi connectivity index (χ1) is 9.61. The van der Waals surface area contributed by atoms with Crippen LogP contribution in [0.1, 0.15) is 22.4 Å². The Morgan fingerprint density at radius 3 is 3.00 bits per heavy atom. The van der Waals surface area contributed by atoms with Gasteiger partial charge in [-0.1, -0.05) is 0 Å². The van der Waals surface area contributed by atoms with Gasteiger partial charge in [-0.3, -0.25) is 4.79 Å².